The van der Waals surface area contributed by atoms with Crippen LogP contribution in [0.3, 0.4) is 0 Å². The highest BCUT2D eigenvalue weighted by molar-refractivity contribution is 6.35. The van der Waals surface area contributed by atoms with E-state index >= 15 is 0 Å². The van der Waals surface area contributed by atoms with Gasteiger partial charge in [-0.1, -0.05) is 35.3 Å². The number of nitrogens with one attached hydrogen (secondary N) is 2. The topological polar surface area (TPSA) is 102 Å². The first-order chi connectivity index (χ1) is 14.1. The molecule has 0 unspecified atom stereocenters. The zero-order valence-corrected chi connectivity index (χ0v) is 18.1. The van der Waals surface area contributed by atoms with Crippen molar-refractivity contribution in [3.8, 4) is 0 Å². The molecule has 2 atom stereocenters. The summed E-state index contributed by atoms with van der Waals surface area (Å²) in [4.78, 5) is 25.7. The quantitative estimate of drug-likeness (QED) is 0.556. The van der Waals surface area contributed by atoms with Crippen molar-refractivity contribution in [2.75, 3.05) is 25.5 Å². The highest BCUT2D eigenvalue weighted by Crippen LogP contribution is 2.38. The number of amides is 2. The van der Waals surface area contributed by atoms with Gasteiger partial charge in [-0.15, -0.1) is 0 Å². The van der Waals surface area contributed by atoms with Crippen LogP contribution in [-0.4, -0.2) is 52.9 Å². The van der Waals surface area contributed by atoms with Gasteiger partial charge in [0.1, 0.15) is 0 Å². The van der Waals surface area contributed by atoms with Crippen molar-refractivity contribution >= 4 is 40.9 Å². The molecule has 3 rings (SSSR count). The van der Waals surface area contributed by atoms with Crippen molar-refractivity contribution in [2.45, 2.75) is 24.9 Å². The summed E-state index contributed by atoms with van der Waals surface area (Å²) in [7, 11) is 2.01. The second-order valence-corrected chi connectivity index (χ2v) is 8.55. The third-order valence-corrected chi connectivity index (χ3v) is 5.77. The van der Waals surface area contributed by atoms with Crippen LogP contribution in [0.2, 0.25) is 10.0 Å². The third-order valence-electron chi connectivity index (χ3n) is 5.22. The van der Waals surface area contributed by atoms with Crippen LogP contribution in [0, 0.1) is 0 Å². The number of hydrogen-bond donors (Lipinski definition) is 4. The van der Waals surface area contributed by atoms with Gasteiger partial charge in [0.25, 0.3) is 0 Å². The molecule has 2 aromatic rings. The van der Waals surface area contributed by atoms with E-state index in [1.807, 2.05) is 31.3 Å². The number of carbonyl (C=O) groups is 2. The van der Waals surface area contributed by atoms with Crippen molar-refractivity contribution in [1.82, 2.24) is 10.2 Å². The number of hydrogen-bond acceptors (Lipinski definition) is 4. The van der Waals surface area contributed by atoms with Crippen LogP contribution >= 0.6 is 23.2 Å². The Kier molecular flexibility index (Phi) is 6.57. The molecule has 1 aliphatic rings. The lowest BCUT2D eigenvalue weighted by Crippen LogP contribution is -2.56. The second-order valence-electron chi connectivity index (χ2n) is 7.70. The lowest BCUT2D eigenvalue weighted by Gasteiger charge is -2.33. The summed E-state index contributed by atoms with van der Waals surface area (Å²) in [5.74, 6) is -1.33. The van der Waals surface area contributed by atoms with Crippen molar-refractivity contribution < 1.29 is 19.8 Å². The molecule has 7 nitrogen and oxygen atoms in total. The molecule has 1 heterocycles. The number of aliphatic hydroxyl groups is 1. The molecule has 0 spiro atoms. The van der Waals surface area contributed by atoms with Gasteiger partial charge in [-0.2, -0.15) is 0 Å². The number of urea groups is 1. The third kappa shape index (κ3) is 4.70. The standard InChI is InChI=1S/C21H23Cl2N3O4/c1-21(11-27,19(28)29)25-20(30)24-14-5-3-4-12(6-14)16-9-26(2)10-17-15(16)7-13(22)8-18(17)23/h3-8,16,27H,9-11H2,1-2H3,(H,28,29)(H2,24,25,30)/t16-,21+/m1/s1. The number of carboxylic acids is 1. The number of aliphatic hydroxyl groups excluding tert-OH is 1. The van der Waals surface area contributed by atoms with E-state index in [0.717, 1.165) is 29.8 Å². The first-order valence-corrected chi connectivity index (χ1v) is 10.1. The van der Waals surface area contributed by atoms with Crippen LogP contribution in [0.15, 0.2) is 36.4 Å². The molecule has 0 fully saturated rings. The SMILES string of the molecule is CN1Cc2c(Cl)cc(Cl)cc2[C@@H](c2cccc(NC(=O)N[C@@](C)(CO)C(=O)O)c2)C1. The summed E-state index contributed by atoms with van der Waals surface area (Å²) >= 11 is 12.7. The van der Waals surface area contributed by atoms with E-state index in [0.29, 0.717) is 15.7 Å². The molecule has 30 heavy (non-hydrogen) atoms. The minimum absolute atomic E-state index is 0.00138. The Balaban J connectivity index is 1.86. The first-order valence-electron chi connectivity index (χ1n) is 9.32. The van der Waals surface area contributed by atoms with Gasteiger partial charge in [-0.05, 0) is 54.9 Å². The highest BCUT2D eigenvalue weighted by Gasteiger charge is 2.34. The van der Waals surface area contributed by atoms with E-state index in [4.69, 9.17) is 23.2 Å². The van der Waals surface area contributed by atoms with Crippen LogP contribution in [0.25, 0.3) is 0 Å². The lowest BCUT2D eigenvalue weighted by molar-refractivity contribution is -0.145. The number of rotatable bonds is 5. The first kappa shape index (κ1) is 22.4. The molecular formula is C21H23Cl2N3O4. The van der Waals surface area contributed by atoms with Crippen molar-refractivity contribution in [1.29, 1.82) is 0 Å². The number of carbonyl (C=O) groups excluding carboxylic acids is 1. The Bertz CT molecular complexity index is 985. The minimum atomic E-state index is -1.78. The van der Waals surface area contributed by atoms with Gasteiger partial charge in [-0.25, -0.2) is 9.59 Å². The maximum Gasteiger partial charge on any atom is 0.331 e. The maximum absolute atomic E-state index is 12.3. The summed E-state index contributed by atoms with van der Waals surface area (Å²) in [5.41, 5.74) is 1.75. The van der Waals surface area contributed by atoms with Crippen molar-refractivity contribution in [2.24, 2.45) is 0 Å². The molecule has 0 radical (unpaired) electrons. The molecule has 4 N–H and O–H groups in total. The fourth-order valence-corrected chi connectivity index (χ4v) is 4.11. The fourth-order valence-electron chi connectivity index (χ4n) is 3.54. The Morgan fingerprint density at radius 3 is 2.67 bits per heavy atom. The van der Waals surface area contributed by atoms with E-state index in [2.05, 4.69) is 15.5 Å². The Hall–Kier alpha value is -2.32. The van der Waals surface area contributed by atoms with E-state index in [1.54, 1.807) is 12.1 Å². The Labute approximate surface area is 184 Å². The predicted octanol–water partition coefficient (Wildman–Crippen LogP) is 3.53. The van der Waals surface area contributed by atoms with Crippen LogP contribution in [0.4, 0.5) is 10.5 Å². The number of likely N-dealkylation sites (N-methyl/N-ethyl adjacent to an activating group) is 1. The lowest BCUT2D eigenvalue weighted by atomic mass is 9.84. The Morgan fingerprint density at radius 1 is 1.27 bits per heavy atom. The monoisotopic (exact) mass is 451 g/mol. The minimum Gasteiger partial charge on any atom is -0.479 e. The van der Waals surface area contributed by atoms with Gasteiger partial charge in [0, 0.05) is 34.7 Å². The van der Waals surface area contributed by atoms with Crippen LogP contribution in [-0.2, 0) is 11.3 Å². The molecule has 0 aliphatic carbocycles. The summed E-state index contributed by atoms with van der Waals surface area (Å²) < 4.78 is 0. The highest BCUT2D eigenvalue weighted by atomic mass is 35.5. The largest absolute Gasteiger partial charge is 0.479 e. The van der Waals surface area contributed by atoms with Gasteiger partial charge in [0.05, 0.1) is 6.61 Å². The van der Waals surface area contributed by atoms with Gasteiger partial charge in [0.2, 0.25) is 0 Å². The Morgan fingerprint density at radius 2 is 2.00 bits per heavy atom. The van der Waals surface area contributed by atoms with Crippen LogP contribution in [0.5, 0.6) is 0 Å². The zero-order valence-electron chi connectivity index (χ0n) is 16.6. The number of carboxylic acid groups (broad SMARTS) is 1. The summed E-state index contributed by atoms with van der Waals surface area (Å²) in [5, 5.41) is 24.6. The molecule has 0 aromatic heterocycles. The van der Waals surface area contributed by atoms with Crippen LogP contribution in [0.1, 0.15) is 29.5 Å². The molecule has 0 saturated heterocycles. The molecule has 2 aromatic carbocycles. The van der Waals surface area contributed by atoms with Gasteiger partial charge >= 0.3 is 12.0 Å². The molecule has 2 amide bonds. The summed E-state index contributed by atoms with van der Waals surface area (Å²) in [6, 6.07) is 10.2. The van der Waals surface area contributed by atoms with Gasteiger partial charge in [-0.3, -0.25) is 0 Å². The number of anilines is 1. The zero-order chi connectivity index (χ0) is 22.1. The van der Waals surface area contributed by atoms with Crippen molar-refractivity contribution in [3.05, 3.63) is 63.1 Å². The average molecular weight is 452 g/mol. The summed E-state index contributed by atoms with van der Waals surface area (Å²) in [6.07, 6.45) is 0. The summed E-state index contributed by atoms with van der Waals surface area (Å²) in [6.45, 7) is 1.97. The smallest absolute Gasteiger partial charge is 0.331 e. The molecule has 160 valence electrons. The average Bonchev–Trinajstić information content (AvgIpc) is 2.68. The normalized spacial score (nSPS) is 18.2. The van der Waals surface area contributed by atoms with Gasteiger partial charge in [0.15, 0.2) is 5.54 Å². The van der Waals surface area contributed by atoms with Crippen molar-refractivity contribution in [3.63, 3.8) is 0 Å². The number of halogens is 2. The molecule has 1 aliphatic heterocycles. The van der Waals surface area contributed by atoms with E-state index in [9.17, 15) is 19.8 Å². The van der Waals surface area contributed by atoms with E-state index in [-0.39, 0.29) is 5.92 Å². The molecule has 0 saturated carbocycles. The molecule has 0 bridgehead atoms. The molecular weight excluding hydrogens is 429 g/mol. The van der Waals surface area contributed by atoms with Crippen LogP contribution < -0.4 is 10.6 Å². The van der Waals surface area contributed by atoms with Gasteiger partial charge < -0.3 is 25.7 Å². The number of benzene rings is 2. The van der Waals surface area contributed by atoms with E-state index in [1.165, 1.54) is 6.92 Å². The number of aliphatic carboxylic acids is 1. The maximum atomic E-state index is 12.3. The fraction of sp³-hybridized carbons (Fsp3) is 0.333. The number of fused-ring (bicyclic) bond motifs is 1. The van der Waals surface area contributed by atoms with E-state index < -0.39 is 24.1 Å². The molecule has 9 heteroatoms. The second kappa shape index (κ2) is 8.81. The predicted molar refractivity (Wildman–Crippen MR) is 116 cm³/mol. The number of nitrogens with zero attached hydrogens (tertiary/aromatic N) is 1.